The lowest BCUT2D eigenvalue weighted by atomic mass is 10.1. The fraction of sp³-hybridized carbons (Fsp3) is 0.238. The summed E-state index contributed by atoms with van der Waals surface area (Å²) < 4.78 is 37.9. The standard InChI is InChI=1S/C21H20F2N2O2/c22-16-3-4-19-18(11-16)15(13-25-19)2-1-6-24-7-9-26-20-12-17(23)10-14-5-8-27-21(14)20/h3-5,8,10-13,24-25H,1-2,6-7,9H2. The molecule has 2 heterocycles. The molecule has 6 heteroatoms. The number of ether oxygens (including phenoxy) is 1. The highest BCUT2D eigenvalue weighted by atomic mass is 19.1. The molecule has 0 saturated heterocycles. The van der Waals surface area contributed by atoms with Crippen molar-refractivity contribution >= 4 is 21.9 Å². The van der Waals surface area contributed by atoms with E-state index >= 15 is 0 Å². The first-order valence-corrected chi connectivity index (χ1v) is 8.96. The maximum absolute atomic E-state index is 13.6. The number of hydrogen-bond acceptors (Lipinski definition) is 3. The summed E-state index contributed by atoms with van der Waals surface area (Å²) in [7, 11) is 0. The average Bonchev–Trinajstić information content (AvgIpc) is 3.27. The first-order chi connectivity index (χ1) is 13.2. The lowest BCUT2D eigenvalue weighted by molar-refractivity contribution is 0.311. The topological polar surface area (TPSA) is 50.2 Å². The number of H-pyrrole nitrogens is 1. The van der Waals surface area contributed by atoms with Crippen molar-refractivity contribution < 1.29 is 17.9 Å². The van der Waals surface area contributed by atoms with Gasteiger partial charge in [-0.3, -0.25) is 0 Å². The fourth-order valence-electron chi connectivity index (χ4n) is 3.24. The zero-order valence-electron chi connectivity index (χ0n) is 14.7. The lowest BCUT2D eigenvalue weighted by Crippen LogP contribution is -2.22. The molecular formula is C21H20F2N2O2. The van der Waals surface area contributed by atoms with Crippen molar-refractivity contribution in [3.63, 3.8) is 0 Å². The third-order valence-electron chi connectivity index (χ3n) is 4.55. The molecule has 2 N–H and O–H groups in total. The van der Waals surface area contributed by atoms with Crippen molar-refractivity contribution in [1.82, 2.24) is 10.3 Å². The smallest absolute Gasteiger partial charge is 0.175 e. The SMILES string of the molecule is Fc1cc(OCCNCCCc2c[nH]c3ccc(F)cc23)c2occc2c1. The van der Waals surface area contributed by atoms with Crippen LogP contribution >= 0.6 is 0 Å². The Morgan fingerprint density at radius 2 is 1.96 bits per heavy atom. The molecule has 0 aliphatic carbocycles. The molecule has 0 amide bonds. The Morgan fingerprint density at radius 1 is 1.04 bits per heavy atom. The van der Waals surface area contributed by atoms with Gasteiger partial charge in [0, 0.05) is 35.1 Å². The third kappa shape index (κ3) is 3.95. The minimum atomic E-state index is -0.345. The maximum atomic E-state index is 13.6. The number of nitrogens with one attached hydrogen (secondary N) is 2. The average molecular weight is 370 g/mol. The third-order valence-corrected chi connectivity index (χ3v) is 4.55. The lowest BCUT2D eigenvalue weighted by Gasteiger charge is -2.08. The van der Waals surface area contributed by atoms with Crippen molar-refractivity contribution in [2.75, 3.05) is 19.7 Å². The Balaban J connectivity index is 1.21. The van der Waals surface area contributed by atoms with E-state index in [1.165, 1.54) is 24.5 Å². The zero-order chi connectivity index (χ0) is 18.6. The molecule has 0 aliphatic heterocycles. The highest BCUT2D eigenvalue weighted by Crippen LogP contribution is 2.28. The normalized spacial score (nSPS) is 11.5. The summed E-state index contributed by atoms with van der Waals surface area (Å²) >= 11 is 0. The number of halogens is 2. The van der Waals surface area contributed by atoms with Gasteiger partial charge in [-0.15, -0.1) is 0 Å². The summed E-state index contributed by atoms with van der Waals surface area (Å²) in [5.74, 6) is -0.152. The summed E-state index contributed by atoms with van der Waals surface area (Å²) in [4.78, 5) is 3.17. The predicted octanol–water partition coefficient (Wildman–Crippen LogP) is 4.79. The van der Waals surface area contributed by atoms with Crippen LogP contribution in [0.3, 0.4) is 0 Å². The van der Waals surface area contributed by atoms with E-state index in [2.05, 4.69) is 10.3 Å². The van der Waals surface area contributed by atoms with Crippen molar-refractivity contribution in [2.24, 2.45) is 0 Å². The second-order valence-corrected chi connectivity index (χ2v) is 6.45. The number of rotatable bonds is 8. The monoisotopic (exact) mass is 370 g/mol. The summed E-state index contributed by atoms with van der Waals surface area (Å²) in [6.07, 6.45) is 5.23. The van der Waals surface area contributed by atoms with E-state index < -0.39 is 0 Å². The highest BCUT2D eigenvalue weighted by molar-refractivity contribution is 5.83. The van der Waals surface area contributed by atoms with Crippen LogP contribution in [0, 0.1) is 11.6 Å². The molecule has 0 bridgehead atoms. The van der Waals surface area contributed by atoms with Crippen molar-refractivity contribution in [3.8, 4) is 5.75 Å². The van der Waals surface area contributed by atoms with Gasteiger partial charge in [-0.2, -0.15) is 0 Å². The molecule has 0 fully saturated rings. The zero-order valence-corrected chi connectivity index (χ0v) is 14.7. The minimum Gasteiger partial charge on any atom is -0.488 e. The molecule has 2 aromatic carbocycles. The van der Waals surface area contributed by atoms with Gasteiger partial charge in [0.05, 0.1) is 6.26 Å². The number of furan rings is 1. The van der Waals surface area contributed by atoms with E-state index in [1.54, 1.807) is 18.2 Å². The van der Waals surface area contributed by atoms with E-state index in [4.69, 9.17) is 9.15 Å². The van der Waals surface area contributed by atoms with Gasteiger partial charge >= 0.3 is 0 Å². The second kappa shape index (κ2) is 7.80. The van der Waals surface area contributed by atoms with E-state index in [1.807, 2.05) is 6.20 Å². The van der Waals surface area contributed by atoms with Crippen molar-refractivity contribution in [2.45, 2.75) is 12.8 Å². The molecule has 0 spiro atoms. The van der Waals surface area contributed by atoms with Crippen LogP contribution in [-0.2, 0) is 6.42 Å². The van der Waals surface area contributed by atoms with Crippen molar-refractivity contribution in [3.05, 3.63) is 66.1 Å². The molecule has 140 valence electrons. The molecule has 0 unspecified atom stereocenters. The van der Waals surface area contributed by atoms with Crippen LogP contribution in [0.15, 0.2) is 53.3 Å². The molecule has 4 rings (SSSR count). The van der Waals surface area contributed by atoms with E-state index in [9.17, 15) is 8.78 Å². The van der Waals surface area contributed by atoms with Crippen LogP contribution in [-0.4, -0.2) is 24.7 Å². The van der Waals surface area contributed by atoms with Gasteiger partial charge in [0.1, 0.15) is 18.2 Å². The van der Waals surface area contributed by atoms with Gasteiger partial charge in [-0.25, -0.2) is 8.78 Å². The Kier molecular flexibility index (Phi) is 5.07. The summed E-state index contributed by atoms with van der Waals surface area (Å²) in [5.41, 5.74) is 2.62. The van der Waals surface area contributed by atoms with Gasteiger partial charge in [0.25, 0.3) is 0 Å². The number of fused-ring (bicyclic) bond motifs is 2. The molecule has 0 atom stereocenters. The van der Waals surface area contributed by atoms with Gasteiger partial charge in [-0.05, 0) is 55.3 Å². The molecule has 2 aromatic heterocycles. The van der Waals surface area contributed by atoms with Crippen LogP contribution in [0.2, 0.25) is 0 Å². The first-order valence-electron chi connectivity index (χ1n) is 8.96. The maximum Gasteiger partial charge on any atom is 0.175 e. The second-order valence-electron chi connectivity index (χ2n) is 6.45. The van der Waals surface area contributed by atoms with Crippen LogP contribution in [0.25, 0.3) is 21.9 Å². The Morgan fingerprint density at radius 3 is 2.89 bits per heavy atom. The van der Waals surface area contributed by atoms with Crippen LogP contribution in [0.4, 0.5) is 8.78 Å². The Bertz CT molecular complexity index is 1050. The molecule has 4 aromatic rings. The Labute approximate surface area is 155 Å². The van der Waals surface area contributed by atoms with Crippen molar-refractivity contribution in [1.29, 1.82) is 0 Å². The quantitative estimate of drug-likeness (QED) is 0.438. The minimum absolute atomic E-state index is 0.221. The highest BCUT2D eigenvalue weighted by Gasteiger charge is 2.08. The van der Waals surface area contributed by atoms with Gasteiger partial charge in [0.15, 0.2) is 11.3 Å². The molecule has 0 saturated carbocycles. The first kappa shape index (κ1) is 17.5. The number of benzene rings is 2. The van der Waals surface area contributed by atoms with E-state index in [0.29, 0.717) is 29.9 Å². The molecular weight excluding hydrogens is 350 g/mol. The van der Waals surface area contributed by atoms with Crippen LogP contribution in [0.5, 0.6) is 5.75 Å². The van der Waals surface area contributed by atoms with Gasteiger partial charge in [-0.1, -0.05) is 0 Å². The summed E-state index contributed by atoms with van der Waals surface area (Å²) in [5, 5.41) is 4.93. The largest absolute Gasteiger partial charge is 0.488 e. The fourth-order valence-corrected chi connectivity index (χ4v) is 3.24. The van der Waals surface area contributed by atoms with Gasteiger partial charge < -0.3 is 19.5 Å². The number of aromatic amines is 1. The number of aryl methyl sites for hydroxylation is 1. The Hall–Kier alpha value is -2.86. The molecule has 4 nitrogen and oxygen atoms in total. The van der Waals surface area contributed by atoms with Crippen LogP contribution in [0.1, 0.15) is 12.0 Å². The summed E-state index contributed by atoms with van der Waals surface area (Å²) in [6, 6.07) is 9.24. The molecule has 0 aliphatic rings. The number of hydrogen-bond donors (Lipinski definition) is 2. The van der Waals surface area contributed by atoms with E-state index in [-0.39, 0.29) is 11.6 Å². The number of aromatic nitrogens is 1. The summed E-state index contributed by atoms with van der Waals surface area (Å²) in [6.45, 7) is 1.86. The molecule has 0 radical (unpaired) electrons. The molecule has 27 heavy (non-hydrogen) atoms. The van der Waals surface area contributed by atoms with Gasteiger partial charge in [0.2, 0.25) is 0 Å². The predicted molar refractivity (Wildman–Crippen MR) is 101 cm³/mol. The van der Waals surface area contributed by atoms with Crippen LogP contribution < -0.4 is 10.1 Å². The van der Waals surface area contributed by atoms with E-state index in [0.717, 1.165) is 35.9 Å².